The Bertz CT molecular complexity index is 1530. The van der Waals surface area contributed by atoms with Gasteiger partial charge in [-0.2, -0.15) is 0 Å². The summed E-state index contributed by atoms with van der Waals surface area (Å²) in [6.07, 6.45) is 2.56. The summed E-state index contributed by atoms with van der Waals surface area (Å²) >= 11 is 0. The zero-order valence-corrected chi connectivity index (χ0v) is 28.4. The highest BCUT2D eigenvalue weighted by molar-refractivity contribution is 5.76. The molecular formula is C36H48N2O9. The Labute approximate surface area is 277 Å². The molecule has 1 aromatic rings. The Hall–Kier alpha value is -2.93. The Kier molecular flexibility index (Phi) is 8.05. The number of aliphatic hydroxyl groups is 2. The highest BCUT2D eigenvalue weighted by Crippen LogP contribution is 2.66. The van der Waals surface area contributed by atoms with Crippen LogP contribution in [0, 0.1) is 29.6 Å². The van der Waals surface area contributed by atoms with Crippen LogP contribution in [0.1, 0.15) is 65.3 Å². The smallest absolute Gasteiger partial charge is 0.337 e. The van der Waals surface area contributed by atoms with Crippen molar-refractivity contribution in [1.82, 2.24) is 10.3 Å². The van der Waals surface area contributed by atoms with Gasteiger partial charge >= 0.3 is 11.9 Å². The standard InChI is InChI=1S/C36H48N2O9/c1-10-25-45-29-26-19(3)23(44-32(41)28(40)27(37-9)22-12-11-18(2)16-38-22)15-36(42,33(26,6)7)20(4)30-34(8,31(29)46-25)14-13-24-35(30,17-43-24)47-21(5)39/h10-14,16,20,23-25,27-31,37,40,42H,1,15,17H2,2-9H3/t20-,23-,24+,25+,27-,28+,29+,30-,31+,34+,35-,36+/m0/s1/i40T. The number of carbonyl (C=O) groups is 2. The van der Waals surface area contributed by atoms with Gasteiger partial charge in [-0.1, -0.05) is 52.5 Å². The van der Waals surface area contributed by atoms with Crippen LogP contribution in [0.5, 0.6) is 0 Å². The van der Waals surface area contributed by atoms with Crippen molar-refractivity contribution in [3.8, 4) is 0 Å². The van der Waals surface area contributed by atoms with Gasteiger partial charge in [-0.25, -0.2) is 4.79 Å². The molecule has 1 aromatic heterocycles. The third kappa shape index (κ3) is 4.88. The molecule has 47 heavy (non-hydrogen) atoms. The molecule has 0 radical (unpaired) electrons. The van der Waals surface area contributed by atoms with E-state index in [1.807, 2.05) is 46.8 Å². The number of rotatable bonds is 8. The topological polar surface area (TPSA) is 146 Å². The fourth-order valence-corrected chi connectivity index (χ4v) is 9.47. The lowest BCUT2D eigenvalue weighted by Crippen LogP contribution is -2.76. The average Bonchev–Trinajstić information content (AvgIpc) is 3.45. The van der Waals surface area contributed by atoms with Crippen LogP contribution in [0.2, 0.25) is 0 Å². The monoisotopic (exact) mass is 654 g/mol. The molecular weight excluding hydrogens is 604 g/mol. The van der Waals surface area contributed by atoms with Gasteiger partial charge in [-0.3, -0.25) is 9.78 Å². The molecule has 1 saturated carbocycles. The molecule has 0 aromatic carbocycles. The minimum absolute atomic E-state index is 0.0427. The minimum atomic E-state index is -1.50. The first-order valence-electron chi connectivity index (χ1n) is 16.8. The molecule has 0 spiro atoms. The molecule has 256 valence electrons. The molecule has 3 N–H and O–H groups in total. The van der Waals surface area contributed by atoms with Gasteiger partial charge in [0.05, 0.1) is 23.9 Å². The lowest BCUT2D eigenvalue weighted by atomic mass is 9.44. The Morgan fingerprint density at radius 3 is 2.57 bits per heavy atom. The van der Waals surface area contributed by atoms with Crippen molar-refractivity contribution in [1.29, 1.82) is 1.43 Å². The summed E-state index contributed by atoms with van der Waals surface area (Å²) < 4.78 is 39.4. The molecule has 2 saturated heterocycles. The second kappa shape index (κ2) is 11.6. The molecule has 6 rings (SSSR count). The van der Waals surface area contributed by atoms with Crippen LogP contribution in [0.15, 0.2) is 54.3 Å². The van der Waals surface area contributed by atoms with Gasteiger partial charge in [-0.05, 0) is 55.7 Å². The van der Waals surface area contributed by atoms with Gasteiger partial charge in [0.25, 0.3) is 0 Å². The number of nitrogens with one attached hydrogen (secondary N) is 1. The predicted molar refractivity (Wildman–Crippen MR) is 171 cm³/mol. The molecule has 3 heterocycles. The summed E-state index contributed by atoms with van der Waals surface area (Å²) in [7, 11) is 1.66. The fraction of sp³-hybridized carbons (Fsp3) is 0.639. The highest BCUT2D eigenvalue weighted by atomic mass is 16.7. The van der Waals surface area contributed by atoms with E-state index in [0.717, 1.165) is 16.7 Å². The molecule has 12 atom stereocenters. The largest absolute Gasteiger partial charge is 0.456 e. The molecule has 0 amide bonds. The van der Waals surface area contributed by atoms with Crippen LogP contribution in [0.25, 0.3) is 0 Å². The molecule has 11 nitrogen and oxygen atoms in total. The number of likely N-dealkylation sites (N-methyl/N-ethyl adjacent to an activating group) is 1. The first-order valence-corrected chi connectivity index (χ1v) is 16.4. The zero-order chi connectivity index (χ0) is 35.0. The van der Waals surface area contributed by atoms with Crippen molar-refractivity contribution in [3.05, 3.63) is 65.5 Å². The number of hydrogen-bond acceptors (Lipinski definition) is 11. The van der Waals surface area contributed by atoms with E-state index in [-0.39, 0.29) is 13.0 Å². The quantitative estimate of drug-likeness (QED) is 0.281. The average molecular weight is 655 g/mol. The number of fused-ring (bicyclic) bond motifs is 8. The first-order chi connectivity index (χ1) is 22.6. The van der Waals surface area contributed by atoms with Crippen molar-refractivity contribution >= 4 is 11.9 Å². The van der Waals surface area contributed by atoms with Gasteiger partial charge in [-0.15, -0.1) is 0 Å². The number of aliphatic hydroxyl groups excluding tert-OH is 1. The van der Waals surface area contributed by atoms with Crippen LogP contribution in [0.4, 0.5) is 0 Å². The summed E-state index contributed by atoms with van der Waals surface area (Å²) in [5.74, 6) is -2.24. The summed E-state index contributed by atoms with van der Waals surface area (Å²) in [6, 6.07) is 2.87. The van der Waals surface area contributed by atoms with Gasteiger partial charge in [0.2, 0.25) is 1.43 Å². The highest BCUT2D eigenvalue weighted by Gasteiger charge is 2.74. The Morgan fingerprint density at radius 1 is 1.26 bits per heavy atom. The number of nitrogens with zero attached hydrogens (tertiary/aromatic N) is 1. The summed E-state index contributed by atoms with van der Waals surface area (Å²) in [4.78, 5) is 31.0. The molecule has 2 bridgehead atoms. The number of hydrogen-bond donors (Lipinski definition) is 3. The third-order valence-corrected chi connectivity index (χ3v) is 11.8. The third-order valence-electron chi connectivity index (χ3n) is 11.8. The minimum Gasteiger partial charge on any atom is -0.456 e. The van der Waals surface area contributed by atoms with Crippen LogP contribution in [-0.4, -0.2) is 90.2 Å². The normalized spacial score (nSPS) is 41.5. The van der Waals surface area contributed by atoms with E-state index in [2.05, 4.69) is 29.9 Å². The number of aryl methyl sites for hydroxylation is 1. The van der Waals surface area contributed by atoms with Crippen molar-refractivity contribution in [3.63, 3.8) is 0 Å². The predicted octanol–water partition coefficient (Wildman–Crippen LogP) is 3.24. The molecule has 3 fully saturated rings. The SMILES string of the molecule is [3H]O[C@@H](C(=O)O[C@H]1C[C@@]2(O)[C@@H](C)[C@H]3[C@@](C)(C=C[C@H]4OC[C@]43OC(C)=O)[C@@H]3O[C@H](C=C)O[C@@H]3C(=C1C)C2(C)C)[C@@H](NC)c1ccc(C)cn1. The second-order valence-electron chi connectivity index (χ2n) is 14.7. The molecule has 2 aliphatic heterocycles. The zero-order valence-electron chi connectivity index (χ0n) is 29.4. The Balaban J connectivity index is 1.47. The fourth-order valence-electron chi connectivity index (χ4n) is 9.47. The van der Waals surface area contributed by atoms with Crippen LogP contribution < -0.4 is 5.32 Å². The maximum atomic E-state index is 13.9. The number of carbonyl (C=O) groups excluding carboxylic acids is 2. The van der Waals surface area contributed by atoms with E-state index in [0.29, 0.717) is 5.69 Å². The summed E-state index contributed by atoms with van der Waals surface area (Å²) in [5.41, 5.74) is -1.29. The van der Waals surface area contributed by atoms with Gasteiger partial charge < -0.3 is 39.2 Å². The number of esters is 2. The lowest BCUT2D eigenvalue weighted by molar-refractivity contribution is -0.306. The van der Waals surface area contributed by atoms with E-state index in [4.69, 9.17) is 30.2 Å². The van der Waals surface area contributed by atoms with E-state index in [9.17, 15) is 14.7 Å². The maximum Gasteiger partial charge on any atom is 0.337 e. The molecule has 11 heteroatoms. The molecule has 5 aliphatic rings. The Morgan fingerprint density at radius 2 is 2.00 bits per heavy atom. The second-order valence-corrected chi connectivity index (χ2v) is 14.7. The number of pyridine rings is 1. The number of aromatic nitrogens is 1. The van der Waals surface area contributed by atoms with Gasteiger partial charge in [0.1, 0.15) is 24.4 Å². The van der Waals surface area contributed by atoms with Crippen molar-refractivity contribution < 1.29 is 43.5 Å². The summed E-state index contributed by atoms with van der Waals surface area (Å²) in [6.45, 7) is 17.3. The first kappa shape index (κ1) is 32.6. The number of ether oxygens (including phenoxy) is 5. The maximum absolute atomic E-state index is 13.9. The lowest BCUT2D eigenvalue weighted by Gasteiger charge is -2.66. The van der Waals surface area contributed by atoms with E-state index < -0.39 is 88.7 Å². The van der Waals surface area contributed by atoms with Gasteiger partial charge in [0, 0.05) is 36.3 Å². The molecule has 3 aliphatic carbocycles. The summed E-state index contributed by atoms with van der Waals surface area (Å²) in [5, 5.41) is 21.2. The van der Waals surface area contributed by atoms with Crippen LogP contribution in [-0.2, 0) is 33.3 Å². The molecule has 0 unspecified atom stereocenters. The van der Waals surface area contributed by atoms with E-state index in [1.165, 1.54) is 6.92 Å². The van der Waals surface area contributed by atoms with Crippen LogP contribution >= 0.6 is 0 Å². The van der Waals surface area contributed by atoms with E-state index in [1.54, 1.807) is 25.4 Å². The van der Waals surface area contributed by atoms with Gasteiger partial charge in [0.15, 0.2) is 18.0 Å². The van der Waals surface area contributed by atoms with E-state index >= 15 is 0 Å². The van der Waals surface area contributed by atoms with Crippen molar-refractivity contribution in [2.45, 2.75) is 109 Å². The van der Waals surface area contributed by atoms with Crippen LogP contribution in [0.3, 0.4) is 0 Å². The van der Waals surface area contributed by atoms with Crippen molar-refractivity contribution in [2.75, 3.05) is 13.7 Å². The van der Waals surface area contributed by atoms with Crippen molar-refractivity contribution in [2.24, 2.45) is 22.7 Å².